The van der Waals surface area contributed by atoms with Gasteiger partial charge in [-0.2, -0.15) is 0 Å². The molecular formula is C24H20ClFN2O2. The summed E-state index contributed by atoms with van der Waals surface area (Å²) in [5, 5.41) is 0.313. The van der Waals surface area contributed by atoms with Gasteiger partial charge in [-0.25, -0.2) is 4.39 Å². The van der Waals surface area contributed by atoms with E-state index in [0.717, 1.165) is 11.1 Å². The van der Waals surface area contributed by atoms with Crippen LogP contribution in [-0.4, -0.2) is 47.8 Å². The number of carbonyl (C=O) groups is 2. The van der Waals surface area contributed by atoms with Crippen molar-refractivity contribution < 1.29 is 14.0 Å². The first kappa shape index (κ1) is 20.1. The number of benzene rings is 3. The molecule has 1 heterocycles. The SMILES string of the molecule is O=C(c1ccc(-c2ccccc2)cc1)N1CCN(C(=O)c2cc(Cl)ccc2F)CC1. The minimum Gasteiger partial charge on any atom is -0.335 e. The van der Waals surface area contributed by atoms with Crippen molar-refractivity contribution in [2.45, 2.75) is 0 Å². The molecule has 0 atom stereocenters. The number of piperazine rings is 1. The average Bonchev–Trinajstić information content (AvgIpc) is 2.80. The molecule has 6 heteroatoms. The first-order chi connectivity index (χ1) is 14.5. The van der Waals surface area contributed by atoms with Gasteiger partial charge >= 0.3 is 0 Å². The molecule has 0 aromatic heterocycles. The van der Waals surface area contributed by atoms with Crippen LogP contribution in [0.3, 0.4) is 0 Å². The second kappa shape index (κ2) is 8.67. The third-order valence-corrected chi connectivity index (χ3v) is 5.49. The van der Waals surface area contributed by atoms with E-state index in [4.69, 9.17) is 11.6 Å². The first-order valence-corrected chi connectivity index (χ1v) is 10.1. The van der Waals surface area contributed by atoms with E-state index in [1.165, 1.54) is 18.2 Å². The molecule has 0 spiro atoms. The van der Waals surface area contributed by atoms with E-state index in [9.17, 15) is 14.0 Å². The summed E-state index contributed by atoms with van der Waals surface area (Å²) < 4.78 is 14.0. The van der Waals surface area contributed by atoms with E-state index in [1.54, 1.807) is 9.80 Å². The van der Waals surface area contributed by atoms with Gasteiger partial charge in [-0.3, -0.25) is 9.59 Å². The van der Waals surface area contributed by atoms with Crippen LogP contribution < -0.4 is 0 Å². The zero-order valence-corrected chi connectivity index (χ0v) is 17.0. The second-order valence-corrected chi connectivity index (χ2v) is 7.59. The Balaban J connectivity index is 1.39. The lowest BCUT2D eigenvalue weighted by Crippen LogP contribution is -2.50. The highest BCUT2D eigenvalue weighted by molar-refractivity contribution is 6.31. The van der Waals surface area contributed by atoms with Gasteiger partial charge in [0.05, 0.1) is 5.56 Å². The summed E-state index contributed by atoms with van der Waals surface area (Å²) in [6, 6.07) is 21.4. The monoisotopic (exact) mass is 422 g/mol. The minimum absolute atomic E-state index is 0.0428. The lowest BCUT2D eigenvalue weighted by molar-refractivity contribution is 0.0533. The van der Waals surface area contributed by atoms with Crippen LogP contribution in [-0.2, 0) is 0 Å². The molecule has 0 radical (unpaired) electrons. The predicted molar refractivity (Wildman–Crippen MR) is 115 cm³/mol. The fourth-order valence-electron chi connectivity index (χ4n) is 3.56. The molecule has 0 aliphatic carbocycles. The molecule has 4 rings (SSSR count). The van der Waals surface area contributed by atoms with Gasteiger partial charge in [0.2, 0.25) is 0 Å². The minimum atomic E-state index is -0.596. The van der Waals surface area contributed by atoms with Crippen molar-refractivity contribution in [3.05, 3.63) is 94.8 Å². The lowest BCUT2D eigenvalue weighted by Gasteiger charge is -2.35. The van der Waals surface area contributed by atoms with Crippen LogP contribution in [0.5, 0.6) is 0 Å². The van der Waals surface area contributed by atoms with E-state index >= 15 is 0 Å². The molecule has 1 aliphatic heterocycles. The van der Waals surface area contributed by atoms with Crippen LogP contribution in [0.1, 0.15) is 20.7 Å². The van der Waals surface area contributed by atoms with Gasteiger partial charge < -0.3 is 9.80 Å². The van der Waals surface area contributed by atoms with Gasteiger partial charge in [0.1, 0.15) is 5.82 Å². The van der Waals surface area contributed by atoms with Gasteiger partial charge in [-0.15, -0.1) is 0 Å². The smallest absolute Gasteiger partial charge is 0.257 e. The van der Waals surface area contributed by atoms with Crippen LogP contribution in [0, 0.1) is 5.82 Å². The highest BCUT2D eigenvalue weighted by Crippen LogP contribution is 2.21. The van der Waals surface area contributed by atoms with Crippen LogP contribution in [0.4, 0.5) is 4.39 Å². The van der Waals surface area contributed by atoms with Gasteiger partial charge in [0.15, 0.2) is 0 Å². The molecule has 0 saturated carbocycles. The molecule has 1 fully saturated rings. The van der Waals surface area contributed by atoms with Crippen molar-refractivity contribution in [1.29, 1.82) is 0 Å². The Bertz CT molecular complexity index is 1060. The third-order valence-electron chi connectivity index (χ3n) is 5.25. The summed E-state index contributed by atoms with van der Waals surface area (Å²) in [4.78, 5) is 28.7. The first-order valence-electron chi connectivity index (χ1n) is 9.72. The molecule has 1 aliphatic rings. The zero-order valence-electron chi connectivity index (χ0n) is 16.2. The van der Waals surface area contributed by atoms with Gasteiger partial charge in [0.25, 0.3) is 11.8 Å². The molecule has 152 valence electrons. The Morgan fingerprint density at radius 2 is 1.30 bits per heavy atom. The van der Waals surface area contributed by atoms with Crippen molar-refractivity contribution in [2.24, 2.45) is 0 Å². The van der Waals surface area contributed by atoms with Crippen molar-refractivity contribution in [1.82, 2.24) is 9.80 Å². The van der Waals surface area contributed by atoms with E-state index in [2.05, 4.69) is 0 Å². The highest BCUT2D eigenvalue weighted by atomic mass is 35.5. The number of amides is 2. The molecule has 30 heavy (non-hydrogen) atoms. The average molecular weight is 423 g/mol. The van der Waals surface area contributed by atoms with Gasteiger partial charge in [-0.05, 0) is 41.5 Å². The van der Waals surface area contributed by atoms with Crippen LogP contribution in [0.15, 0.2) is 72.8 Å². The van der Waals surface area contributed by atoms with E-state index < -0.39 is 11.7 Å². The summed E-state index contributed by atoms with van der Waals surface area (Å²) >= 11 is 5.89. The van der Waals surface area contributed by atoms with Crippen LogP contribution in [0.25, 0.3) is 11.1 Å². The summed E-state index contributed by atoms with van der Waals surface area (Å²) in [7, 11) is 0. The Kier molecular flexibility index (Phi) is 5.81. The number of carbonyl (C=O) groups excluding carboxylic acids is 2. The van der Waals surface area contributed by atoms with Crippen molar-refractivity contribution in [2.75, 3.05) is 26.2 Å². The predicted octanol–water partition coefficient (Wildman–Crippen LogP) is 4.74. The molecule has 4 nitrogen and oxygen atoms in total. The maximum absolute atomic E-state index is 14.0. The third kappa shape index (κ3) is 4.21. The number of nitrogens with zero attached hydrogens (tertiary/aromatic N) is 2. The Hall–Kier alpha value is -3.18. The number of rotatable bonds is 3. The summed E-state index contributed by atoms with van der Waals surface area (Å²) in [5.41, 5.74) is 2.71. The van der Waals surface area contributed by atoms with E-state index in [0.29, 0.717) is 36.8 Å². The Morgan fingerprint density at radius 1 is 0.733 bits per heavy atom. The molecular weight excluding hydrogens is 403 g/mol. The summed E-state index contributed by atoms with van der Waals surface area (Å²) in [6.07, 6.45) is 0. The fourth-order valence-corrected chi connectivity index (χ4v) is 3.73. The van der Waals surface area contributed by atoms with Crippen LogP contribution >= 0.6 is 11.6 Å². The molecule has 3 aromatic carbocycles. The molecule has 1 saturated heterocycles. The molecule has 2 amide bonds. The van der Waals surface area contributed by atoms with Crippen molar-refractivity contribution >= 4 is 23.4 Å². The number of hydrogen-bond donors (Lipinski definition) is 0. The zero-order chi connectivity index (χ0) is 21.1. The fraction of sp³-hybridized carbons (Fsp3) is 0.167. The summed E-state index contributed by atoms with van der Waals surface area (Å²) in [6.45, 7) is 1.48. The quantitative estimate of drug-likeness (QED) is 0.611. The Morgan fingerprint density at radius 3 is 1.93 bits per heavy atom. The Labute approximate surface area is 179 Å². The number of halogens is 2. The standard InChI is InChI=1S/C24H20ClFN2O2/c25-20-10-11-22(26)21(16-20)24(30)28-14-12-27(13-15-28)23(29)19-8-6-18(7-9-19)17-4-2-1-3-5-17/h1-11,16H,12-15H2. The highest BCUT2D eigenvalue weighted by Gasteiger charge is 2.27. The van der Waals surface area contributed by atoms with Crippen molar-refractivity contribution in [3.8, 4) is 11.1 Å². The molecule has 0 N–H and O–H groups in total. The van der Waals surface area contributed by atoms with Crippen LogP contribution in [0.2, 0.25) is 5.02 Å². The number of hydrogen-bond acceptors (Lipinski definition) is 2. The van der Waals surface area contributed by atoms with Gasteiger partial charge in [0, 0.05) is 36.8 Å². The lowest BCUT2D eigenvalue weighted by atomic mass is 10.0. The molecule has 0 bridgehead atoms. The van der Waals surface area contributed by atoms with Gasteiger partial charge in [-0.1, -0.05) is 54.1 Å². The maximum Gasteiger partial charge on any atom is 0.257 e. The topological polar surface area (TPSA) is 40.6 Å². The molecule has 0 unspecified atom stereocenters. The second-order valence-electron chi connectivity index (χ2n) is 7.15. The largest absolute Gasteiger partial charge is 0.335 e. The normalized spacial score (nSPS) is 13.9. The summed E-state index contributed by atoms with van der Waals surface area (Å²) in [5.74, 6) is -1.08. The maximum atomic E-state index is 14.0. The van der Waals surface area contributed by atoms with E-state index in [1.807, 2.05) is 54.6 Å². The molecule has 3 aromatic rings. The van der Waals surface area contributed by atoms with E-state index in [-0.39, 0.29) is 11.5 Å². The van der Waals surface area contributed by atoms with Crippen molar-refractivity contribution in [3.63, 3.8) is 0 Å².